The van der Waals surface area contributed by atoms with Crippen LogP contribution in [0.15, 0.2) is 71.6 Å². The minimum atomic E-state index is -3.56. The van der Waals surface area contributed by atoms with Crippen LogP contribution in [0.2, 0.25) is 0 Å². The van der Waals surface area contributed by atoms with Crippen molar-refractivity contribution >= 4 is 15.7 Å². The zero-order chi connectivity index (χ0) is 27.1. The van der Waals surface area contributed by atoms with Crippen molar-refractivity contribution in [2.75, 3.05) is 19.6 Å². The molecule has 3 aromatic carbocycles. The van der Waals surface area contributed by atoms with Crippen molar-refractivity contribution in [3.63, 3.8) is 0 Å². The van der Waals surface area contributed by atoms with E-state index < -0.39 is 38.7 Å². The highest BCUT2D eigenvalue weighted by atomic mass is 32.2. The average Bonchev–Trinajstić information content (AvgIpc) is 3.42. The van der Waals surface area contributed by atoms with Crippen molar-refractivity contribution < 1.29 is 22.0 Å². The maximum absolute atomic E-state index is 13.8. The lowest BCUT2D eigenvalue weighted by molar-refractivity contribution is 0.0934. The van der Waals surface area contributed by atoms with E-state index >= 15 is 0 Å². The number of nitrogens with one attached hydrogen (secondary N) is 3. The van der Waals surface area contributed by atoms with Crippen molar-refractivity contribution in [2.24, 2.45) is 0 Å². The number of hydrogen-bond acceptors (Lipinski definition) is 5. The van der Waals surface area contributed by atoms with Gasteiger partial charge in [-0.05, 0) is 80.7 Å². The van der Waals surface area contributed by atoms with E-state index in [0.29, 0.717) is 44.6 Å². The molecule has 4 rings (SSSR count). The second-order valence-corrected chi connectivity index (χ2v) is 12.0. The van der Waals surface area contributed by atoms with Crippen LogP contribution in [0.4, 0.5) is 8.78 Å². The lowest BCUT2D eigenvalue weighted by atomic mass is 10.0. The summed E-state index contributed by atoms with van der Waals surface area (Å²) in [5.74, 6) is -1.80. The van der Waals surface area contributed by atoms with Gasteiger partial charge in [-0.1, -0.05) is 35.9 Å². The molecule has 1 fully saturated rings. The fraction of sp³-hybridized carbons (Fsp3) is 0.345. The lowest BCUT2D eigenvalue weighted by Gasteiger charge is -2.20. The zero-order valence-electron chi connectivity index (χ0n) is 21.3. The number of amides is 1. The summed E-state index contributed by atoms with van der Waals surface area (Å²) in [5.41, 5.74) is 2.95. The molecule has 0 radical (unpaired) electrons. The minimum absolute atomic E-state index is 0.113. The molecule has 1 aliphatic heterocycles. The molecular weight excluding hydrogens is 508 g/mol. The predicted molar refractivity (Wildman–Crippen MR) is 144 cm³/mol. The summed E-state index contributed by atoms with van der Waals surface area (Å²) >= 11 is 0. The summed E-state index contributed by atoms with van der Waals surface area (Å²) in [7, 11) is -3.56. The van der Waals surface area contributed by atoms with E-state index in [2.05, 4.69) is 22.0 Å². The highest BCUT2D eigenvalue weighted by Gasteiger charge is 2.30. The molecule has 1 aliphatic rings. The molecule has 6 nitrogen and oxygen atoms in total. The first-order chi connectivity index (χ1) is 18.2. The molecule has 1 amide bonds. The summed E-state index contributed by atoms with van der Waals surface area (Å²) in [4.78, 5) is 13.3. The molecule has 38 heavy (non-hydrogen) atoms. The number of aryl methyl sites for hydroxylation is 1. The smallest absolute Gasteiger partial charge is 0.251 e. The Morgan fingerprint density at radius 2 is 1.79 bits per heavy atom. The number of benzene rings is 3. The highest BCUT2D eigenvalue weighted by molar-refractivity contribution is 7.92. The van der Waals surface area contributed by atoms with Gasteiger partial charge in [0.2, 0.25) is 0 Å². The number of halogens is 2. The maximum atomic E-state index is 13.8. The zero-order valence-corrected chi connectivity index (χ0v) is 22.2. The van der Waals surface area contributed by atoms with E-state index in [1.54, 1.807) is 12.1 Å². The van der Waals surface area contributed by atoms with Gasteiger partial charge in [0, 0.05) is 30.8 Å². The topological polar surface area (TPSA) is 87.3 Å². The number of rotatable bonds is 11. The summed E-state index contributed by atoms with van der Waals surface area (Å²) in [6, 6.07) is 17.0. The molecule has 0 bridgehead atoms. The van der Waals surface area contributed by atoms with Gasteiger partial charge in [0.15, 0.2) is 9.84 Å². The first-order valence-corrected chi connectivity index (χ1v) is 14.3. The lowest BCUT2D eigenvalue weighted by Crippen LogP contribution is -2.38. The van der Waals surface area contributed by atoms with Crippen LogP contribution in [0, 0.1) is 18.6 Å². The number of carbonyl (C=O) groups excluding carboxylic acids is 1. The molecule has 9 heteroatoms. The average molecular weight is 542 g/mol. The first kappa shape index (κ1) is 27.9. The van der Waals surface area contributed by atoms with Crippen molar-refractivity contribution in [3.05, 3.63) is 101 Å². The van der Waals surface area contributed by atoms with Gasteiger partial charge in [0.25, 0.3) is 5.91 Å². The van der Waals surface area contributed by atoms with E-state index in [9.17, 15) is 22.0 Å². The van der Waals surface area contributed by atoms with E-state index in [1.807, 2.05) is 25.1 Å². The molecular formula is C29H33F2N3O3S. The normalized spacial score (nSPS) is 16.3. The summed E-state index contributed by atoms with van der Waals surface area (Å²) in [6.07, 6.45) is 1.25. The third kappa shape index (κ3) is 7.46. The highest BCUT2D eigenvalue weighted by Crippen LogP contribution is 2.22. The van der Waals surface area contributed by atoms with Gasteiger partial charge < -0.3 is 16.0 Å². The Labute approximate surface area is 222 Å². The van der Waals surface area contributed by atoms with Crippen LogP contribution in [0.1, 0.15) is 39.9 Å². The van der Waals surface area contributed by atoms with Crippen LogP contribution >= 0.6 is 0 Å². The van der Waals surface area contributed by atoms with Crippen LogP contribution in [0.3, 0.4) is 0 Å². The van der Waals surface area contributed by atoms with E-state index in [0.717, 1.165) is 17.2 Å². The van der Waals surface area contributed by atoms with E-state index in [1.165, 1.54) is 24.3 Å². The summed E-state index contributed by atoms with van der Waals surface area (Å²) in [6.45, 7) is 4.26. The second kappa shape index (κ2) is 12.6. The quantitative estimate of drug-likeness (QED) is 0.320. The van der Waals surface area contributed by atoms with Crippen LogP contribution in [-0.2, 0) is 22.8 Å². The van der Waals surface area contributed by atoms with Gasteiger partial charge in [0.05, 0.1) is 10.1 Å². The molecule has 0 aromatic heterocycles. The minimum Gasteiger partial charge on any atom is -0.349 e. The van der Waals surface area contributed by atoms with E-state index in [-0.39, 0.29) is 16.9 Å². The fourth-order valence-electron chi connectivity index (χ4n) is 4.74. The Morgan fingerprint density at radius 3 is 2.50 bits per heavy atom. The van der Waals surface area contributed by atoms with Crippen molar-refractivity contribution in [3.8, 4) is 0 Å². The van der Waals surface area contributed by atoms with Crippen LogP contribution in [-0.4, -0.2) is 45.3 Å². The van der Waals surface area contributed by atoms with Crippen LogP contribution in [0.25, 0.3) is 0 Å². The van der Waals surface area contributed by atoms with Gasteiger partial charge >= 0.3 is 0 Å². The van der Waals surface area contributed by atoms with Crippen molar-refractivity contribution in [1.82, 2.24) is 16.0 Å². The molecule has 2 atom stereocenters. The third-order valence-electron chi connectivity index (χ3n) is 6.70. The monoisotopic (exact) mass is 541 g/mol. The second-order valence-electron chi connectivity index (χ2n) is 9.79. The molecule has 3 aromatic rings. The Hall–Kier alpha value is -3.14. The van der Waals surface area contributed by atoms with Crippen molar-refractivity contribution in [2.45, 2.75) is 48.9 Å². The number of sulfone groups is 1. The fourth-order valence-corrected chi connectivity index (χ4v) is 6.45. The maximum Gasteiger partial charge on any atom is 0.251 e. The molecule has 0 spiro atoms. The Bertz CT molecular complexity index is 1350. The Morgan fingerprint density at radius 1 is 1.03 bits per heavy atom. The standard InChI is InChI=1S/C29H33F2N3O3S/c1-20-4-2-5-21(12-20)18-32-10-8-26(15-22-13-24(30)17-25(31)14-22)34-29(35)23-6-3-7-27(16-23)38(36,37)28-9-11-33-19-28/h2-7,12-14,16-17,26,28,32-33H,8-11,15,18-19H2,1H3,(H,34,35). The SMILES string of the molecule is Cc1cccc(CNCCC(Cc2cc(F)cc(F)c2)NC(=O)c2cccc(S(=O)(=O)C3CCNC3)c2)c1. The van der Waals surface area contributed by atoms with Crippen molar-refractivity contribution in [1.29, 1.82) is 0 Å². The van der Waals surface area contributed by atoms with Gasteiger partial charge in [-0.3, -0.25) is 4.79 Å². The largest absolute Gasteiger partial charge is 0.349 e. The third-order valence-corrected chi connectivity index (χ3v) is 8.89. The molecule has 2 unspecified atom stereocenters. The van der Waals surface area contributed by atoms with Gasteiger partial charge in [-0.2, -0.15) is 0 Å². The number of hydrogen-bond donors (Lipinski definition) is 3. The van der Waals surface area contributed by atoms with Gasteiger partial charge in [-0.15, -0.1) is 0 Å². The summed E-state index contributed by atoms with van der Waals surface area (Å²) < 4.78 is 53.6. The molecule has 1 saturated heterocycles. The van der Waals surface area contributed by atoms with Crippen LogP contribution in [0.5, 0.6) is 0 Å². The van der Waals surface area contributed by atoms with Gasteiger partial charge in [0.1, 0.15) is 11.6 Å². The number of carbonyl (C=O) groups is 1. The van der Waals surface area contributed by atoms with Gasteiger partial charge in [-0.25, -0.2) is 17.2 Å². The first-order valence-electron chi connectivity index (χ1n) is 12.8. The molecule has 0 saturated carbocycles. The molecule has 1 heterocycles. The summed E-state index contributed by atoms with van der Waals surface area (Å²) in [5, 5.41) is 8.85. The predicted octanol–water partition coefficient (Wildman–Crippen LogP) is 3.93. The van der Waals surface area contributed by atoms with E-state index in [4.69, 9.17) is 0 Å². The molecule has 202 valence electrons. The Balaban J connectivity index is 1.46. The van der Waals surface area contributed by atoms with Crippen LogP contribution < -0.4 is 16.0 Å². The molecule has 3 N–H and O–H groups in total. The molecule has 0 aliphatic carbocycles. The Kier molecular flexibility index (Phi) is 9.25.